The lowest BCUT2D eigenvalue weighted by Crippen LogP contribution is -2.28. The van der Waals surface area contributed by atoms with Gasteiger partial charge >= 0.3 is 5.97 Å². The molecule has 2 aromatic heterocycles. The minimum Gasteiger partial charge on any atom is -0.505 e. The molecule has 7 N–H and O–H groups in total. The Bertz CT molecular complexity index is 2780. The molecule has 0 atom stereocenters. The normalized spacial score (nSPS) is 12.0. The number of para-hydroxylation sites is 1. The molecule has 0 amide bonds. The molecule has 6 aromatic carbocycles. The van der Waals surface area contributed by atoms with Crippen molar-refractivity contribution in [3.8, 4) is 22.8 Å². The SMILES string of the molecule is Cc1[nH]n(-c2ccc3c(c2)CCCC3)c(=O)c1N=Nc1cccc(-c2ccc(C(=O)O)o2)c1O.NCCN(Cc1ccccc1)Cc1ccccc1.NCCN(Cc1ccccc1)Cc1ccccc1. The van der Waals surface area contributed by atoms with Crippen LogP contribution >= 0.6 is 0 Å². The number of fused-ring (bicyclic) bond motifs is 1. The highest BCUT2D eigenvalue weighted by molar-refractivity contribution is 5.85. The summed E-state index contributed by atoms with van der Waals surface area (Å²) in [4.78, 5) is 28.9. The summed E-state index contributed by atoms with van der Waals surface area (Å²) in [6.45, 7) is 8.77. The third kappa shape index (κ3) is 14.2. The van der Waals surface area contributed by atoms with Crippen LogP contribution in [-0.4, -0.2) is 61.9 Å². The Kier molecular flexibility index (Phi) is 18.4. The number of azo groups is 1. The zero-order chi connectivity index (χ0) is 49.1. The maximum Gasteiger partial charge on any atom is 0.371 e. The van der Waals surface area contributed by atoms with Crippen LogP contribution in [0.15, 0.2) is 189 Å². The largest absolute Gasteiger partial charge is 0.505 e. The van der Waals surface area contributed by atoms with Gasteiger partial charge in [-0.1, -0.05) is 133 Å². The molecular formula is C57H62N8O5. The van der Waals surface area contributed by atoms with E-state index >= 15 is 0 Å². The van der Waals surface area contributed by atoms with Crippen molar-refractivity contribution in [1.29, 1.82) is 0 Å². The van der Waals surface area contributed by atoms with Gasteiger partial charge in [0.25, 0.3) is 5.56 Å². The quantitative estimate of drug-likeness (QED) is 0.0553. The minimum absolute atomic E-state index is 0.117. The molecular weight excluding hydrogens is 877 g/mol. The molecule has 0 fully saturated rings. The van der Waals surface area contributed by atoms with E-state index in [0.717, 1.165) is 64.2 Å². The molecule has 0 radical (unpaired) electrons. The number of hydrogen-bond acceptors (Lipinski definition) is 10. The number of carboxylic acid groups (broad SMARTS) is 1. The predicted molar refractivity (Wildman–Crippen MR) is 277 cm³/mol. The number of benzene rings is 6. The number of aromatic hydroxyl groups is 1. The first-order chi connectivity index (χ1) is 34.2. The van der Waals surface area contributed by atoms with Gasteiger partial charge < -0.3 is 26.1 Å². The average molecular weight is 939 g/mol. The number of hydrogen-bond donors (Lipinski definition) is 5. The number of carboxylic acids is 1. The number of aromatic carboxylic acids is 1. The number of nitrogens with zero attached hydrogens (tertiary/aromatic N) is 5. The molecule has 0 unspecified atom stereocenters. The van der Waals surface area contributed by atoms with Gasteiger partial charge in [-0.25, -0.2) is 9.48 Å². The van der Waals surface area contributed by atoms with E-state index < -0.39 is 5.97 Å². The van der Waals surface area contributed by atoms with E-state index in [1.807, 2.05) is 36.4 Å². The number of carbonyl (C=O) groups is 1. The summed E-state index contributed by atoms with van der Waals surface area (Å²) in [6.07, 6.45) is 4.40. The van der Waals surface area contributed by atoms with Crippen LogP contribution in [0.1, 0.15) is 62.5 Å². The Morgan fingerprint density at radius 1 is 0.643 bits per heavy atom. The van der Waals surface area contributed by atoms with E-state index in [0.29, 0.717) is 18.8 Å². The first-order valence-electron chi connectivity index (χ1n) is 23.7. The molecule has 70 heavy (non-hydrogen) atoms. The van der Waals surface area contributed by atoms with Crippen LogP contribution in [0.5, 0.6) is 5.75 Å². The second kappa shape index (κ2) is 25.6. The number of furan rings is 1. The van der Waals surface area contributed by atoms with Gasteiger partial charge in [0.2, 0.25) is 5.76 Å². The highest BCUT2D eigenvalue weighted by Gasteiger charge is 2.18. The lowest BCUT2D eigenvalue weighted by molar-refractivity contribution is 0.0663. The van der Waals surface area contributed by atoms with Gasteiger partial charge in [-0.3, -0.25) is 19.7 Å². The van der Waals surface area contributed by atoms with Crippen LogP contribution in [0.3, 0.4) is 0 Å². The molecule has 2 heterocycles. The zero-order valence-electron chi connectivity index (χ0n) is 39.7. The second-order valence-electron chi connectivity index (χ2n) is 17.2. The number of nitrogens with two attached hydrogens (primary N) is 2. The zero-order valence-corrected chi connectivity index (χ0v) is 39.7. The highest BCUT2D eigenvalue weighted by Crippen LogP contribution is 2.38. The number of H-pyrrole nitrogens is 1. The van der Waals surface area contributed by atoms with Gasteiger partial charge in [0.05, 0.1) is 16.9 Å². The number of aryl methyl sites for hydroxylation is 3. The van der Waals surface area contributed by atoms with Crippen molar-refractivity contribution in [2.75, 3.05) is 26.2 Å². The van der Waals surface area contributed by atoms with Gasteiger partial charge in [-0.2, -0.15) is 0 Å². The fourth-order valence-electron chi connectivity index (χ4n) is 8.37. The van der Waals surface area contributed by atoms with Crippen molar-refractivity contribution in [3.63, 3.8) is 0 Å². The molecule has 13 nitrogen and oxygen atoms in total. The van der Waals surface area contributed by atoms with Gasteiger partial charge in [0.1, 0.15) is 11.4 Å². The summed E-state index contributed by atoms with van der Waals surface area (Å²) in [5.74, 6) is -1.51. The average Bonchev–Trinajstić information content (AvgIpc) is 3.99. The van der Waals surface area contributed by atoms with Gasteiger partial charge in [-0.05, 0) is 102 Å². The summed E-state index contributed by atoms with van der Waals surface area (Å²) in [5, 5.41) is 31.0. The number of aromatic nitrogens is 2. The van der Waals surface area contributed by atoms with E-state index in [-0.39, 0.29) is 39.8 Å². The van der Waals surface area contributed by atoms with E-state index in [4.69, 9.17) is 21.0 Å². The molecule has 9 rings (SSSR count). The molecule has 0 aliphatic heterocycles. The summed E-state index contributed by atoms with van der Waals surface area (Å²) < 4.78 is 6.72. The van der Waals surface area contributed by atoms with Gasteiger partial charge in [0.15, 0.2) is 11.4 Å². The van der Waals surface area contributed by atoms with Crippen LogP contribution in [0.25, 0.3) is 17.0 Å². The predicted octanol–water partition coefficient (Wildman–Crippen LogP) is 10.7. The molecule has 0 spiro atoms. The maximum atomic E-state index is 13.1. The lowest BCUT2D eigenvalue weighted by Gasteiger charge is -2.21. The monoisotopic (exact) mass is 938 g/mol. The topological polar surface area (TPSA) is 192 Å². The molecule has 1 aliphatic rings. The fraction of sp³-hybridized carbons (Fsp3) is 0.228. The summed E-state index contributed by atoms with van der Waals surface area (Å²) in [6, 6.07) is 55.7. The molecule has 8 aromatic rings. The number of nitrogens with one attached hydrogen (secondary N) is 1. The number of phenols is 1. The van der Waals surface area contributed by atoms with Crippen molar-refractivity contribution in [3.05, 3.63) is 225 Å². The number of rotatable bonds is 17. The summed E-state index contributed by atoms with van der Waals surface area (Å²) in [5.41, 5.74) is 20.8. The third-order valence-corrected chi connectivity index (χ3v) is 11.9. The Balaban J connectivity index is 0.000000170. The fourth-order valence-corrected chi connectivity index (χ4v) is 8.37. The highest BCUT2D eigenvalue weighted by atomic mass is 16.4. The molecule has 0 bridgehead atoms. The van der Waals surface area contributed by atoms with Gasteiger partial charge in [0, 0.05) is 52.4 Å². The number of phenolic OH excluding ortho intramolecular Hbond substituents is 1. The Hall–Kier alpha value is -7.68. The molecule has 1 aliphatic carbocycles. The smallest absolute Gasteiger partial charge is 0.371 e. The Morgan fingerprint density at radius 2 is 1.14 bits per heavy atom. The van der Waals surface area contributed by atoms with Crippen LogP contribution in [0.4, 0.5) is 11.4 Å². The molecule has 0 saturated carbocycles. The van der Waals surface area contributed by atoms with Crippen LogP contribution in [-0.2, 0) is 39.0 Å². The Morgan fingerprint density at radius 3 is 1.61 bits per heavy atom. The van der Waals surface area contributed by atoms with E-state index in [9.17, 15) is 14.7 Å². The van der Waals surface area contributed by atoms with E-state index in [2.05, 4.69) is 128 Å². The van der Waals surface area contributed by atoms with Crippen molar-refractivity contribution < 1.29 is 19.4 Å². The summed E-state index contributed by atoms with van der Waals surface area (Å²) in [7, 11) is 0. The van der Waals surface area contributed by atoms with Crippen molar-refractivity contribution in [2.24, 2.45) is 21.7 Å². The van der Waals surface area contributed by atoms with Crippen molar-refractivity contribution >= 4 is 17.3 Å². The number of aromatic amines is 1. The van der Waals surface area contributed by atoms with Crippen LogP contribution in [0, 0.1) is 6.92 Å². The minimum atomic E-state index is -1.21. The van der Waals surface area contributed by atoms with E-state index in [1.165, 1.54) is 62.7 Å². The van der Waals surface area contributed by atoms with Gasteiger partial charge in [-0.15, -0.1) is 10.2 Å². The van der Waals surface area contributed by atoms with Crippen LogP contribution < -0.4 is 17.0 Å². The summed E-state index contributed by atoms with van der Waals surface area (Å²) >= 11 is 0. The standard InChI is InChI=1S/C25H22N4O5.2C16H20N2/c1-14-22(24(31)29(28-14)17-10-9-15-5-2-3-6-16(15)13-17)27-26-19-8-4-7-18(23(19)30)20-11-12-21(34-20)25(32)33;2*17-11-12-18(13-15-7-3-1-4-8-15)14-16-9-5-2-6-10-16/h4,7-13,28,30H,2-3,5-6H2,1H3,(H,32,33);2*1-10H,11-14,17H2. The van der Waals surface area contributed by atoms with Crippen LogP contribution in [0.2, 0.25) is 0 Å². The molecule has 0 saturated heterocycles. The second-order valence-corrected chi connectivity index (χ2v) is 17.2. The third-order valence-electron chi connectivity index (χ3n) is 11.9. The first-order valence-corrected chi connectivity index (χ1v) is 23.7. The maximum absolute atomic E-state index is 13.1. The Labute approximate surface area is 409 Å². The van der Waals surface area contributed by atoms with Crippen molar-refractivity contribution in [1.82, 2.24) is 19.6 Å². The lowest BCUT2D eigenvalue weighted by atomic mass is 9.91. The molecule has 360 valence electrons. The van der Waals surface area contributed by atoms with E-state index in [1.54, 1.807) is 19.1 Å². The molecule has 13 heteroatoms. The first kappa shape index (κ1) is 50.2. The van der Waals surface area contributed by atoms with Crippen molar-refractivity contribution in [2.45, 2.75) is 58.8 Å².